The van der Waals surface area contributed by atoms with Crippen LogP contribution >= 0.6 is 0 Å². The lowest BCUT2D eigenvalue weighted by molar-refractivity contribution is -0.00518. The van der Waals surface area contributed by atoms with E-state index in [-0.39, 0.29) is 16.4 Å². The number of hydrogen-bond donors (Lipinski definition) is 1. The van der Waals surface area contributed by atoms with Gasteiger partial charge in [0, 0.05) is 11.3 Å². The second kappa shape index (κ2) is 8.12. The average molecular weight is 476 g/mol. The fourth-order valence-electron chi connectivity index (χ4n) is 7.12. The van der Waals surface area contributed by atoms with Crippen LogP contribution in [0.25, 0.3) is 0 Å². The molecule has 0 unspecified atom stereocenters. The van der Waals surface area contributed by atoms with Gasteiger partial charge in [-0.15, -0.1) is 0 Å². The molecule has 6 heteroatoms. The second-order valence-corrected chi connectivity index (χ2v) is 12.6. The zero-order chi connectivity index (χ0) is 23.3. The predicted molar refractivity (Wildman–Crippen MR) is 130 cm³/mol. The summed E-state index contributed by atoms with van der Waals surface area (Å²) in [4.78, 5) is 13.2. The lowest BCUT2D eigenvalue weighted by atomic mass is 9.48. The van der Waals surface area contributed by atoms with Gasteiger partial charge in [-0.3, -0.25) is 4.79 Å². The van der Waals surface area contributed by atoms with Gasteiger partial charge in [0.2, 0.25) is 0 Å². The Morgan fingerprint density at radius 2 is 1.50 bits per heavy atom. The number of anilines is 1. The molecule has 0 radical (unpaired) electrons. The van der Waals surface area contributed by atoms with E-state index in [4.69, 9.17) is 4.42 Å². The van der Waals surface area contributed by atoms with Crippen LogP contribution in [0.1, 0.15) is 60.2 Å². The molecule has 4 fully saturated rings. The maximum Gasteiger partial charge on any atom is 0.291 e. The Kier molecular flexibility index (Phi) is 5.17. The molecule has 4 bridgehead atoms. The molecule has 0 aliphatic heterocycles. The van der Waals surface area contributed by atoms with E-state index in [1.54, 1.807) is 36.4 Å². The lowest BCUT2D eigenvalue weighted by Crippen LogP contribution is -2.48. The van der Waals surface area contributed by atoms with Crippen molar-refractivity contribution in [2.75, 3.05) is 5.32 Å². The van der Waals surface area contributed by atoms with E-state index >= 15 is 0 Å². The van der Waals surface area contributed by atoms with Crippen molar-refractivity contribution < 1.29 is 17.6 Å². The highest BCUT2D eigenvalue weighted by Gasteiger charge is 2.51. The zero-order valence-electron chi connectivity index (χ0n) is 19.1. The van der Waals surface area contributed by atoms with Gasteiger partial charge in [0.1, 0.15) is 0 Å². The number of amides is 1. The molecule has 1 heterocycles. The normalized spacial score (nSPS) is 27.6. The lowest BCUT2D eigenvalue weighted by Gasteiger charge is -2.57. The van der Waals surface area contributed by atoms with Gasteiger partial charge < -0.3 is 9.73 Å². The minimum absolute atomic E-state index is 0.0321. The van der Waals surface area contributed by atoms with Gasteiger partial charge in [0.15, 0.2) is 15.6 Å². The summed E-state index contributed by atoms with van der Waals surface area (Å²) >= 11 is 0. The van der Waals surface area contributed by atoms with Gasteiger partial charge >= 0.3 is 0 Å². The third kappa shape index (κ3) is 3.88. The molecule has 0 saturated heterocycles. The van der Waals surface area contributed by atoms with Gasteiger partial charge in [-0.25, -0.2) is 8.42 Å². The monoisotopic (exact) mass is 475 g/mol. The summed E-state index contributed by atoms with van der Waals surface area (Å²) in [6, 6.07) is 18.1. The van der Waals surface area contributed by atoms with Gasteiger partial charge in [-0.2, -0.15) is 0 Å². The van der Waals surface area contributed by atoms with Crippen LogP contribution in [-0.4, -0.2) is 14.3 Å². The summed E-state index contributed by atoms with van der Waals surface area (Å²) in [6.07, 6.45) is 9.51. The van der Waals surface area contributed by atoms with E-state index in [1.807, 2.05) is 12.1 Å². The van der Waals surface area contributed by atoms with Gasteiger partial charge in [0.25, 0.3) is 5.91 Å². The smallest absolute Gasteiger partial charge is 0.291 e. The van der Waals surface area contributed by atoms with Crippen molar-refractivity contribution in [1.82, 2.24) is 0 Å². The Hall–Kier alpha value is -2.86. The van der Waals surface area contributed by atoms with E-state index in [1.165, 1.54) is 50.4 Å². The molecule has 7 rings (SSSR count). The van der Waals surface area contributed by atoms with E-state index in [2.05, 4.69) is 17.4 Å². The highest BCUT2D eigenvalue weighted by molar-refractivity contribution is 7.90. The second-order valence-electron chi connectivity index (χ2n) is 10.6. The van der Waals surface area contributed by atoms with E-state index in [0.29, 0.717) is 16.7 Å². The standard InChI is InChI=1S/C28H29NO4S/c30-27(26-22(10-11-33-26)18-34(31,32)25-4-2-1-3-5-25)29-24-8-6-23(7-9-24)28-15-19-12-20(16-28)14-21(13-19)17-28/h1-11,19-21H,12-18H2,(H,29,30). The third-order valence-corrected chi connectivity index (χ3v) is 9.88. The summed E-state index contributed by atoms with van der Waals surface area (Å²) < 4.78 is 30.9. The van der Waals surface area contributed by atoms with Crippen molar-refractivity contribution in [1.29, 1.82) is 0 Å². The number of hydrogen-bond acceptors (Lipinski definition) is 4. The third-order valence-electron chi connectivity index (χ3n) is 8.19. The van der Waals surface area contributed by atoms with Crippen molar-refractivity contribution in [2.24, 2.45) is 17.8 Å². The fraction of sp³-hybridized carbons (Fsp3) is 0.393. The van der Waals surface area contributed by atoms with Crippen molar-refractivity contribution in [3.05, 3.63) is 83.8 Å². The number of nitrogens with one attached hydrogen (secondary N) is 1. The molecule has 34 heavy (non-hydrogen) atoms. The van der Waals surface area contributed by atoms with Gasteiger partial charge in [-0.05, 0) is 97.6 Å². The van der Waals surface area contributed by atoms with E-state index < -0.39 is 15.7 Å². The molecule has 0 spiro atoms. The van der Waals surface area contributed by atoms with Gasteiger partial charge in [-0.1, -0.05) is 30.3 Å². The van der Waals surface area contributed by atoms with Crippen molar-refractivity contribution in [2.45, 2.75) is 54.6 Å². The molecule has 3 aromatic rings. The maximum absolute atomic E-state index is 12.9. The van der Waals surface area contributed by atoms with Crippen LogP contribution in [0.15, 0.2) is 76.2 Å². The molecule has 1 aromatic heterocycles. The number of rotatable bonds is 6. The number of carbonyl (C=O) groups excluding carboxylic acids is 1. The first kappa shape index (κ1) is 21.7. The summed E-state index contributed by atoms with van der Waals surface area (Å²) in [5, 5.41) is 2.88. The first-order valence-electron chi connectivity index (χ1n) is 12.2. The molecule has 5 nitrogen and oxygen atoms in total. The summed E-state index contributed by atoms with van der Waals surface area (Å²) in [7, 11) is -3.58. The van der Waals surface area contributed by atoms with Crippen molar-refractivity contribution in [3.8, 4) is 0 Å². The van der Waals surface area contributed by atoms with E-state index in [0.717, 1.165) is 17.8 Å². The molecule has 176 valence electrons. The van der Waals surface area contributed by atoms with Crippen LogP contribution in [0.2, 0.25) is 0 Å². The minimum Gasteiger partial charge on any atom is -0.459 e. The Morgan fingerprint density at radius 3 is 2.12 bits per heavy atom. The predicted octanol–water partition coefficient (Wildman–Crippen LogP) is 5.97. The highest BCUT2D eigenvalue weighted by Crippen LogP contribution is 2.60. The van der Waals surface area contributed by atoms with Crippen LogP contribution in [0.4, 0.5) is 5.69 Å². The Morgan fingerprint density at radius 1 is 0.882 bits per heavy atom. The van der Waals surface area contributed by atoms with Crippen LogP contribution in [0.3, 0.4) is 0 Å². The topological polar surface area (TPSA) is 76.4 Å². The average Bonchev–Trinajstić information content (AvgIpc) is 3.27. The van der Waals surface area contributed by atoms with Crippen LogP contribution < -0.4 is 5.32 Å². The summed E-state index contributed by atoms with van der Waals surface area (Å²) in [6.45, 7) is 0. The SMILES string of the molecule is O=C(Nc1ccc(C23CC4CC(CC(C4)C2)C3)cc1)c1occc1CS(=O)(=O)c1ccccc1. The zero-order valence-corrected chi connectivity index (χ0v) is 19.9. The van der Waals surface area contributed by atoms with Crippen LogP contribution in [0, 0.1) is 17.8 Å². The number of furan rings is 1. The maximum atomic E-state index is 12.9. The Labute approximate surface area is 200 Å². The van der Waals surface area contributed by atoms with Crippen LogP contribution in [0.5, 0.6) is 0 Å². The molecule has 4 aliphatic rings. The van der Waals surface area contributed by atoms with Gasteiger partial charge in [0.05, 0.1) is 16.9 Å². The first-order chi connectivity index (χ1) is 16.4. The highest BCUT2D eigenvalue weighted by atomic mass is 32.2. The van der Waals surface area contributed by atoms with Crippen molar-refractivity contribution in [3.63, 3.8) is 0 Å². The number of carbonyl (C=O) groups is 1. The van der Waals surface area contributed by atoms with Crippen LogP contribution in [-0.2, 0) is 21.0 Å². The summed E-state index contributed by atoms with van der Waals surface area (Å²) in [5.41, 5.74) is 2.76. The molecule has 0 atom stereocenters. The first-order valence-corrected chi connectivity index (χ1v) is 13.8. The van der Waals surface area contributed by atoms with Crippen molar-refractivity contribution >= 4 is 21.4 Å². The molecule has 4 aliphatic carbocycles. The molecule has 1 N–H and O–H groups in total. The molecule has 4 saturated carbocycles. The quantitative estimate of drug-likeness (QED) is 0.476. The number of benzene rings is 2. The summed E-state index contributed by atoms with van der Waals surface area (Å²) in [5.74, 6) is 1.96. The molecule has 1 amide bonds. The fourth-order valence-corrected chi connectivity index (χ4v) is 8.50. The molecule has 2 aromatic carbocycles. The molecular formula is C28H29NO4S. The molecular weight excluding hydrogens is 446 g/mol. The number of sulfone groups is 1. The largest absolute Gasteiger partial charge is 0.459 e. The Bertz CT molecular complexity index is 1270. The van der Waals surface area contributed by atoms with E-state index in [9.17, 15) is 13.2 Å². The minimum atomic E-state index is -3.58. The Balaban J connectivity index is 1.17.